The third-order valence-corrected chi connectivity index (χ3v) is 6.87. The summed E-state index contributed by atoms with van der Waals surface area (Å²) in [5.74, 6) is -2.48. The van der Waals surface area contributed by atoms with Crippen LogP contribution in [0, 0.1) is 11.8 Å². The van der Waals surface area contributed by atoms with Crippen LogP contribution in [-0.4, -0.2) is 62.6 Å². The number of rotatable bonds is 18. The van der Waals surface area contributed by atoms with E-state index in [1.54, 1.807) is 0 Å². The van der Waals surface area contributed by atoms with Gasteiger partial charge in [-0.15, -0.1) is 3.89 Å². The lowest BCUT2D eigenvalue weighted by molar-refractivity contribution is -0.133. The van der Waals surface area contributed by atoms with Crippen LogP contribution >= 0.6 is 0 Å². The average molecular weight is 572 g/mol. The lowest BCUT2D eigenvalue weighted by atomic mass is 9.99. The van der Waals surface area contributed by atoms with Gasteiger partial charge in [0.15, 0.2) is 0 Å². The number of hydrogen-bond donors (Lipinski definition) is 5. The van der Waals surface area contributed by atoms with Crippen molar-refractivity contribution in [1.82, 2.24) is 16.0 Å². The molecule has 0 aliphatic carbocycles. The van der Waals surface area contributed by atoms with E-state index in [1.807, 2.05) is 58.0 Å². The molecule has 0 aromatic heterocycles. The number of hydrogen-bond acceptors (Lipinski definition) is 7. The summed E-state index contributed by atoms with van der Waals surface area (Å²) in [5, 5.41) is 8.03. The molecule has 0 unspecified atom stereocenters. The van der Waals surface area contributed by atoms with Crippen LogP contribution in [-0.2, 0) is 31.0 Å². The molecule has 0 saturated carbocycles. The first-order chi connectivity index (χ1) is 18.2. The van der Waals surface area contributed by atoms with Gasteiger partial charge in [-0.3, -0.25) is 14.4 Å². The summed E-state index contributed by atoms with van der Waals surface area (Å²) in [6.45, 7) is 7.92. The molecule has 4 atom stereocenters. The number of carbonyl (C=O) groups excluding carboxylic acids is 3. The van der Waals surface area contributed by atoms with Gasteiger partial charge in [0.25, 0.3) is 0 Å². The van der Waals surface area contributed by atoms with Gasteiger partial charge in [0, 0.05) is 6.04 Å². The Balaban J connectivity index is 2.99. The molecule has 39 heavy (non-hydrogen) atoms. The fraction of sp³-hybridized carbons (Fsp3) is 0.667. The van der Waals surface area contributed by atoms with Crippen molar-refractivity contribution < 1.29 is 26.7 Å². The number of halogens is 1. The van der Waals surface area contributed by atoms with Crippen LogP contribution in [0.2, 0.25) is 0 Å². The Morgan fingerprint density at radius 1 is 0.846 bits per heavy atom. The maximum Gasteiger partial charge on any atom is 0.304 e. The Hall–Kier alpha value is -2.57. The highest BCUT2D eigenvalue weighted by atomic mass is 32.3. The third kappa shape index (κ3) is 15.0. The predicted octanol–water partition coefficient (Wildman–Crippen LogP) is 1.53. The van der Waals surface area contributed by atoms with Gasteiger partial charge in [-0.2, -0.15) is 8.42 Å². The summed E-state index contributed by atoms with van der Waals surface area (Å²) in [7, 11) is -4.84. The van der Waals surface area contributed by atoms with Crippen LogP contribution in [0.15, 0.2) is 30.3 Å². The monoisotopic (exact) mass is 571 g/mol. The smallest absolute Gasteiger partial charge is 0.304 e. The molecular formula is C27H46FN5O5S. The van der Waals surface area contributed by atoms with Crippen molar-refractivity contribution in [3.8, 4) is 0 Å². The molecular weight excluding hydrogens is 525 g/mol. The van der Waals surface area contributed by atoms with Crippen molar-refractivity contribution in [2.75, 3.05) is 12.3 Å². The number of nitrogens with two attached hydrogens (primary N) is 2. The van der Waals surface area contributed by atoms with Crippen molar-refractivity contribution in [1.29, 1.82) is 0 Å². The van der Waals surface area contributed by atoms with Gasteiger partial charge in [-0.1, -0.05) is 64.4 Å². The zero-order valence-corrected chi connectivity index (χ0v) is 24.3. The fourth-order valence-corrected chi connectivity index (χ4v) is 4.92. The third-order valence-electron chi connectivity index (χ3n) is 6.07. The van der Waals surface area contributed by atoms with Crippen LogP contribution in [0.4, 0.5) is 3.89 Å². The molecule has 0 radical (unpaired) electrons. The Bertz CT molecular complexity index is 1010. The van der Waals surface area contributed by atoms with E-state index < -0.39 is 57.9 Å². The molecule has 3 amide bonds. The minimum absolute atomic E-state index is 0.000850. The van der Waals surface area contributed by atoms with Gasteiger partial charge in [0.05, 0.1) is 6.04 Å². The minimum Gasteiger partial charge on any atom is -0.350 e. The van der Waals surface area contributed by atoms with E-state index in [-0.39, 0.29) is 24.7 Å². The second kappa shape index (κ2) is 17.2. The summed E-state index contributed by atoms with van der Waals surface area (Å²) >= 11 is 0. The molecule has 0 fully saturated rings. The number of amides is 3. The Morgan fingerprint density at radius 2 is 1.36 bits per heavy atom. The first-order valence-electron chi connectivity index (χ1n) is 13.5. The average Bonchev–Trinajstić information content (AvgIpc) is 2.82. The summed E-state index contributed by atoms with van der Waals surface area (Å²) in [5.41, 5.74) is 12.5. The zero-order chi connectivity index (χ0) is 29.6. The molecule has 0 saturated heterocycles. The zero-order valence-electron chi connectivity index (χ0n) is 23.5. The van der Waals surface area contributed by atoms with Crippen LogP contribution in [0.25, 0.3) is 0 Å². The lowest BCUT2D eigenvalue weighted by Crippen LogP contribution is -2.57. The lowest BCUT2D eigenvalue weighted by Gasteiger charge is -2.27. The summed E-state index contributed by atoms with van der Waals surface area (Å²) in [4.78, 5) is 39.3. The molecule has 1 rings (SSSR count). The maximum atomic E-state index is 13.4. The predicted molar refractivity (Wildman–Crippen MR) is 151 cm³/mol. The highest BCUT2D eigenvalue weighted by Gasteiger charge is 2.30. The van der Waals surface area contributed by atoms with E-state index >= 15 is 0 Å². The maximum absolute atomic E-state index is 13.4. The van der Waals surface area contributed by atoms with Gasteiger partial charge < -0.3 is 27.4 Å². The molecule has 12 heteroatoms. The molecule has 1 aromatic rings. The molecule has 0 aliphatic rings. The molecule has 10 nitrogen and oxygen atoms in total. The minimum atomic E-state index is -4.84. The van der Waals surface area contributed by atoms with Gasteiger partial charge in [-0.05, 0) is 56.0 Å². The number of benzene rings is 1. The largest absolute Gasteiger partial charge is 0.350 e. The number of unbranched alkanes of at least 4 members (excludes halogenated alkanes) is 1. The van der Waals surface area contributed by atoms with Crippen LogP contribution in [0.5, 0.6) is 0 Å². The SMILES string of the molecule is CC(C)C[C@H](NC(=O)[C@H](CC(C)C)NC(=O)[C@@H](N)Cc1ccccc1)C(=O)N[C@@H](CCCCN)CS(=O)(=O)F. The van der Waals surface area contributed by atoms with E-state index in [2.05, 4.69) is 16.0 Å². The summed E-state index contributed by atoms with van der Waals surface area (Å²) in [6, 6.07) is 5.49. The molecule has 7 N–H and O–H groups in total. The highest BCUT2D eigenvalue weighted by Crippen LogP contribution is 2.12. The van der Waals surface area contributed by atoms with Gasteiger partial charge in [0.2, 0.25) is 17.7 Å². The molecule has 0 spiro atoms. The van der Waals surface area contributed by atoms with Gasteiger partial charge in [-0.25, -0.2) is 0 Å². The Morgan fingerprint density at radius 3 is 1.85 bits per heavy atom. The first-order valence-corrected chi connectivity index (χ1v) is 15.1. The first kappa shape index (κ1) is 34.5. The van der Waals surface area contributed by atoms with Crippen molar-refractivity contribution in [2.45, 2.75) is 90.4 Å². The topological polar surface area (TPSA) is 173 Å². The van der Waals surface area contributed by atoms with Crippen LogP contribution < -0.4 is 27.4 Å². The van der Waals surface area contributed by atoms with Crippen LogP contribution in [0.3, 0.4) is 0 Å². The van der Waals surface area contributed by atoms with Crippen molar-refractivity contribution in [3.05, 3.63) is 35.9 Å². The quantitative estimate of drug-likeness (QED) is 0.131. The van der Waals surface area contributed by atoms with Gasteiger partial charge >= 0.3 is 10.2 Å². The molecule has 1 aromatic carbocycles. The van der Waals surface area contributed by atoms with Crippen molar-refractivity contribution >= 4 is 27.9 Å². The van der Waals surface area contributed by atoms with Crippen molar-refractivity contribution in [3.63, 3.8) is 0 Å². The summed E-state index contributed by atoms with van der Waals surface area (Å²) < 4.78 is 36.0. The standard InChI is InChI=1S/C27H46FN5O5S/c1-18(2)14-23(26(35)31-21(12-8-9-13-29)17-39(28,37)38)33-27(36)24(15-19(3)4)32-25(34)22(30)16-20-10-6-5-7-11-20/h5-7,10-11,18-19,21-24H,8-9,12-17,29-30H2,1-4H3,(H,31,35)(H,32,34)(H,33,36)/t21-,22-,23-,24-/m0/s1. The molecule has 0 bridgehead atoms. The van der Waals surface area contributed by atoms with E-state index in [4.69, 9.17) is 11.5 Å². The summed E-state index contributed by atoms with van der Waals surface area (Å²) in [6.07, 6.45) is 2.18. The van der Waals surface area contributed by atoms with E-state index in [0.29, 0.717) is 32.2 Å². The van der Waals surface area contributed by atoms with Crippen molar-refractivity contribution in [2.24, 2.45) is 23.3 Å². The van der Waals surface area contributed by atoms with E-state index in [1.165, 1.54) is 0 Å². The molecule has 222 valence electrons. The van der Waals surface area contributed by atoms with Gasteiger partial charge in [0.1, 0.15) is 17.8 Å². The van der Waals surface area contributed by atoms with E-state index in [9.17, 15) is 26.7 Å². The normalized spacial score (nSPS) is 14.9. The second-order valence-corrected chi connectivity index (χ2v) is 12.3. The highest BCUT2D eigenvalue weighted by molar-refractivity contribution is 7.86. The molecule has 0 aliphatic heterocycles. The fourth-order valence-electron chi connectivity index (χ4n) is 4.19. The Labute approximate surface area is 232 Å². The Kier molecular flexibility index (Phi) is 15.2. The van der Waals surface area contributed by atoms with Crippen LogP contribution in [0.1, 0.15) is 65.4 Å². The second-order valence-electron chi connectivity index (χ2n) is 10.9. The number of carbonyl (C=O) groups is 3. The number of nitrogens with one attached hydrogen (secondary N) is 3. The molecule has 0 heterocycles. The van der Waals surface area contributed by atoms with E-state index in [0.717, 1.165) is 5.56 Å².